The molecule has 1 unspecified atom stereocenters. The Kier molecular flexibility index (Phi) is 3.64. The Bertz CT molecular complexity index is 417. The van der Waals surface area contributed by atoms with Gasteiger partial charge in [-0.25, -0.2) is 0 Å². The lowest BCUT2D eigenvalue weighted by Gasteiger charge is -2.36. The minimum Gasteiger partial charge on any atom is -0.409 e. The Morgan fingerprint density at radius 3 is 2.63 bits per heavy atom. The van der Waals surface area contributed by atoms with Gasteiger partial charge in [0, 0.05) is 13.6 Å². The van der Waals surface area contributed by atoms with E-state index in [1.165, 1.54) is 0 Å². The summed E-state index contributed by atoms with van der Waals surface area (Å²) in [7, 11) is 1.57. The molecule has 106 valence electrons. The normalized spacial score (nSPS) is 25.8. The molecule has 19 heavy (non-hydrogen) atoms. The number of hydrogen-bond donors (Lipinski definition) is 3. The molecule has 0 bridgehead atoms. The summed E-state index contributed by atoms with van der Waals surface area (Å²) in [5, 5.41) is 14.4. The molecule has 2 aliphatic rings. The van der Waals surface area contributed by atoms with Gasteiger partial charge in [0.1, 0.15) is 11.5 Å². The van der Waals surface area contributed by atoms with E-state index in [2.05, 4.69) is 10.5 Å². The van der Waals surface area contributed by atoms with Gasteiger partial charge in [-0.2, -0.15) is 0 Å². The number of piperidine rings is 1. The Hall–Kier alpha value is -1.79. The first-order valence-electron chi connectivity index (χ1n) is 6.57. The van der Waals surface area contributed by atoms with Crippen LogP contribution in [0, 0.1) is 5.41 Å². The Labute approximate surface area is 111 Å². The van der Waals surface area contributed by atoms with Crippen LogP contribution in [0.2, 0.25) is 0 Å². The summed E-state index contributed by atoms with van der Waals surface area (Å²) in [6.45, 7) is 0.553. The van der Waals surface area contributed by atoms with E-state index >= 15 is 0 Å². The zero-order chi connectivity index (χ0) is 14.0. The number of hydrogen-bond acceptors (Lipinski definition) is 4. The fourth-order valence-corrected chi connectivity index (χ4v) is 2.69. The first kappa shape index (κ1) is 13.6. The van der Waals surface area contributed by atoms with Crippen molar-refractivity contribution in [3.05, 3.63) is 0 Å². The van der Waals surface area contributed by atoms with Crippen LogP contribution in [0.1, 0.15) is 32.1 Å². The second-order valence-electron chi connectivity index (χ2n) is 5.19. The van der Waals surface area contributed by atoms with Gasteiger partial charge in [0.25, 0.3) is 0 Å². The predicted molar refractivity (Wildman–Crippen MR) is 68.5 cm³/mol. The fourth-order valence-electron chi connectivity index (χ4n) is 2.69. The molecule has 7 heteroatoms. The van der Waals surface area contributed by atoms with E-state index in [9.17, 15) is 9.59 Å². The van der Waals surface area contributed by atoms with E-state index in [1.807, 2.05) is 0 Å². The zero-order valence-corrected chi connectivity index (χ0v) is 11.1. The van der Waals surface area contributed by atoms with Gasteiger partial charge >= 0.3 is 0 Å². The highest BCUT2D eigenvalue weighted by molar-refractivity contribution is 6.10. The van der Waals surface area contributed by atoms with E-state index in [0.29, 0.717) is 25.8 Å². The number of nitrogens with zero attached hydrogens (tertiary/aromatic N) is 2. The van der Waals surface area contributed by atoms with Crippen molar-refractivity contribution in [2.75, 3.05) is 13.6 Å². The van der Waals surface area contributed by atoms with E-state index in [1.54, 1.807) is 11.9 Å². The molecular weight excluding hydrogens is 248 g/mol. The largest absolute Gasteiger partial charge is 0.409 e. The van der Waals surface area contributed by atoms with Gasteiger partial charge in [-0.15, -0.1) is 0 Å². The molecule has 1 atom stereocenters. The molecule has 2 rings (SSSR count). The third-order valence-corrected chi connectivity index (χ3v) is 4.07. The Balaban J connectivity index is 2.19. The van der Waals surface area contributed by atoms with Crippen molar-refractivity contribution in [2.24, 2.45) is 16.3 Å². The molecule has 0 aromatic heterocycles. The minimum absolute atomic E-state index is 0.0428. The first-order valence-corrected chi connectivity index (χ1v) is 6.57. The summed E-state index contributed by atoms with van der Waals surface area (Å²) in [6.07, 6.45) is 3.64. The van der Waals surface area contributed by atoms with Crippen LogP contribution in [0.15, 0.2) is 5.16 Å². The lowest BCUT2D eigenvalue weighted by atomic mass is 9.96. The van der Waals surface area contributed by atoms with Crippen molar-refractivity contribution in [2.45, 2.75) is 38.1 Å². The lowest BCUT2D eigenvalue weighted by Crippen LogP contribution is -2.55. The highest BCUT2D eigenvalue weighted by Crippen LogP contribution is 2.48. The number of oxime groups is 1. The van der Waals surface area contributed by atoms with Crippen LogP contribution in [0.5, 0.6) is 0 Å². The number of nitrogens with two attached hydrogens (primary N) is 1. The highest BCUT2D eigenvalue weighted by atomic mass is 16.4. The monoisotopic (exact) mass is 268 g/mol. The minimum atomic E-state index is -0.877. The average molecular weight is 268 g/mol. The molecule has 2 amide bonds. The van der Waals surface area contributed by atoms with E-state index < -0.39 is 11.5 Å². The third-order valence-electron chi connectivity index (χ3n) is 4.07. The quantitative estimate of drug-likeness (QED) is 0.281. The van der Waals surface area contributed by atoms with Crippen LogP contribution in [0.4, 0.5) is 0 Å². The molecule has 0 radical (unpaired) electrons. The maximum atomic E-state index is 12.6. The number of rotatable bonds is 3. The molecule has 0 spiro atoms. The second kappa shape index (κ2) is 5.07. The number of amidine groups is 1. The maximum absolute atomic E-state index is 12.6. The van der Waals surface area contributed by atoms with Crippen LogP contribution >= 0.6 is 0 Å². The molecule has 2 fully saturated rings. The highest BCUT2D eigenvalue weighted by Gasteiger charge is 2.57. The number of carbonyl (C=O) groups is 2. The van der Waals surface area contributed by atoms with E-state index in [0.717, 1.165) is 12.8 Å². The molecule has 1 aliphatic carbocycles. The first-order chi connectivity index (χ1) is 9.06. The molecular formula is C12H20N4O3. The summed E-state index contributed by atoms with van der Waals surface area (Å²) < 4.78 is 0. The van der Waals surface area contributed by atoms with Crippen molar-refractivity contribution in [3.8, 4) is 0 Å². The number of amides is 2. The van der Waals surface area contributed by atoms with Crippen LogP contribution in [0.3, 0.4) is 0 Å². The van der Waals surface area contributed by atoms with Crippen LogP contribution in [-0.4, -0.2) is 47.4 Å². The Morgan fingerprint density at radius 2 is 2.11 bits per heavy atom. The van der Waals surface area contributed by atoms with E-state index in [-0.39, 0.29) is 17.6 Å². The number of likely N-dealkylation sites (tertiary alicyclic amines) is 1. The van der Waals surface area contributed by atoms with Gasteiger partial charge in [-0.3, -0.25) is 9.59 Å². The number of likely N-dealkylation sites (N-methyl/N-ethyl adjacent to an activating group) is 1. The van der Waals surface area contributed by atoms with Crippen molar-refractivity contribution >= 4 is 17.6 Å². The van der Waals surface area contributed by atoms with Crippen LogP contribution < -0.4 is 11.1 Å². The van der Waals surface area contributed by atoms with Crippen molar-refractivity contribution in [1.29, 1.82) is 0 Å². The SMILES string of the molecule is CNC(=O)C1CCCCN1C(=O)C1(C(N)=NO)CC1. The molecule has 0 aromatic rings. The molecule has 1 saturated carbocycles. The molecule has 7 nitrogen and oxygen atoms in total. The third kappa shape index (κ3) is 2.24. The van der Waals surface area contributed by atoms with E-state index in [4.69, 9.17) is 10.9 Å². The summed E-state index contributed by atoms with van der Waals surface area (Å²) in [5.74, 6) is -0.377. The summed E-state index contributed by atoms with van der Waals surface area (Å²) in [4.78, 5) is 26.0. The molecule has 1 aliphatic heterocycles. The topological polar surface area (TPSA) is 108 Å². The Morgan fingerprint density at radius 1 is 1.42 bits per heavy atom. The van der Waals surface area contributed by atoms with Crippen LogP contribution in [0.25, 0.3) is 0 Å². The number of carbonyl (C=O) groups excluding carboxylic acids is 2. The average Bonchev–Trinajstić information content (AvgIpc) is 3.26. The van der Waals surface area contributed by atoms with Gasteiger partial charge in [0.2, 0.25) is 11.8 Å². The summed E-state index contributed by atoms with van der Waals surface area (Å²) in [6, 6.07) is -0.435. The van der Waals surface area contributed by atoms with Crippen molar-refractivity contribution in [1.82, 2.24) is 10.2 Å². The second-order valence-corrected chi connectivity index (χ2v) is 5.19. The van der Waals surface area contributed by atoms with Gasteiger partial charge in [-0.1, -0.05) is 5.16 Å². The predicted octanol–water partition coefficient (Wildman–Crippen LogP) is -0.360. The molecule has 1 heterocycles. The van der Waals surface area contributed by atoms with Crippen molar-refractivity contribution < 1.29 is 14.8 Å². The van der Waals surface area contributed by atoms with Crippen molar-refractivity contribution in [3.63, 3.8) is 0 Å². The van der Waals surface area contributed by atoms with Gasteiger partial charge in [0.05, 0.1) is 0 Å². The molecule has 4 N–H and O–H groups in total. The fraction of sp³-hybridized carbons (Fsp3) is 0.750. The van der Waals surface area contributed by atoms with Gasteiger partial charge in [0.15, 0.2) is 5.84 Å². The molecule has 1 saturated heterocycles. The summed E-state index contributed by atoms with van der Waals surface area (Å²) in [5.41, 5.74) is 4.75. The standard InChI is InChI=1S/C12H20N4O3/c1-14-9(17)8-4-2-3-7-16(8)11(18)12(5-6-12)10(13)15-19/h8,19H,2-7H2,1H3,(H2,13,15)(H,14,17). The van der Waals surface area contributed by atoms with Gasteiger partial charge in [-0.05, 0) is 32.1 Å². The van der Waals surface area contributed by atoms with Gasteiger partial charge < -0.3 is 21.2 Å². The lowest BCUT2D eigenvalue weighted by molar-refractivity contribution is -0.144. The van der Waals surface area contributed by atoms with Crippen LogP contribution in [-0.2, 0) is 9.59 Å². The zero-order valence-electron chi connectivity index (χ0n) is 11.1. The smallest absolute Gasteiger partial charge is 0.242 e. The molecule has 0 aromatic carbocycles. The number of nitrogens with one attached hydrogen (secondary N) is 1. The summed E-state index contributed by atoms with van der Waals surface area (Å²) >= 11 is 0. The maximum Gasteiger partial charge on any atom is 0.242 e.